The molecule has 1 atom stereocenters. The molecule has 7 heteroatoms. The van der Waals surface area contributed by atoms with Gasteiger partial charge in [0.05, 0.1) is 6.21 Å². The molecule has 0 aromatic heterocycles. The molecule has 4 N–H and O–H groups in total. The minimum Gasteiger partial charge on any atom is -0.481 e. The van der Waals surface area contributed by atoms with Crippen molar-refractivity contribution in [2.24, 2.45) is 10.8 Å². The van der Waals surface area contributed by atoms with Crippen LogP contribution in [0.1, 0.15) is 72.1 Å². The summed E-state index contributed by atoms with van der Waals surface area (Å²) < 4.78 is 12.0. The van der Waals surface area contributed by atoms with Crippen LogP contribution in [0.3, 0.4) is 0 Å². The predicted octanol–water partition coefficient (Wildman–Crippen LogP) is 3.37. The van der Waals surface area contributed by atoms with Gasteiger partial charge in [0.25, 0.3) is 0 Å². The predicted molar refractivity (Wildman–Crippen MR) is 111 cm³/mol. The Kier molecular flexibility index (Phi) is 5.52. The van der Waals surface area contributed by atoms with Crippen LogP contribution < -0.4 is 20.6 Å². The van der Waals surface area contributed by atoms with E-state index < -0.39 is 5.60 Å². The van der Waals surface area contributed by atoms with E-state index in [-0.39, 0.29) is 22.8 Å². The van der Waals surface area contributed by atoms with Gasteiger partial charge in [-0.15, -0.1) is 0 Å². The number of carbonyl (C=O) groups is 1. The zero-order valence-electron chi connectivity index (χ0n) is 18.1. The Balaban J connectivity index is 2.68. The van der Waals surface area contributed by atoms with E-state index in [1.54, 1.807) is 6.21 Å². The number of fused-ring (bicyclic) bond motifs is 1. The summed E-state index contributed by atoms with van der Waals surface area (Å²) >= 11 is 0. The maximum Gasteiger partial charge on any atom is 0.308 e. The Hall–Kier alpha value is -2.57. The summed E-state index contributed by atoms with van der Waals surface area (Å²) in [6, 6.07) is 1.97. The lowest BCUT2D eigenvalue weighted by molar-refractivity contribution is -0.132. The Labute approximate surface area is 167 Å². The van der Waals surface area contributed by atoms with E-state index in [2.05, 4.69) is 52.1 Å². The van der Waals surface area contributed by atoms with E-state index in [1.165, 1.54) is 6.92 Å². The summed E-state index contributed by atoms with van der Waals surface area (Å²) in [4.78, 5) is 11.9. The molecule has 0 saturated carbocycles. The van der Waals surface area contributed by atoms with Gasteiger partial charge in [0.1, 0.15) is 17.1 Å². The molecule has 0 aliphatic carbocycles. The molecule has 0 amide bonds. The summed E-state index contributed by atoms with van der Waals surface area (Å²) in [5.74, 6) is 0.808. The first kappa shape index (κ1) is 21.7. The molecule has 154 valence electrons. The largest absolute Gasteiger partial charge is 0.481 e. The molecule has 0 radical (unpaired) electrons. The van der Waals surface area contributed by atoms with E-state index in [9.17, 15) is 4.79 Å². The van der Waals surface area contributed by atoms with Crippen molar-refractivity contribution in [3.8, 4) is 11.5 Å². The fraction of sp³-hybridized carbons (Fsp3) is 0.571. The van der Waals surface area contributed by atoms with Gasteiger partial charge in [0.2, 0.25) is 5.96 Å². The van der Waals surface area contributed by atoms with Crippen molar-refractivity contribution in [2.45, 2.75) is 78.2 Å². The molecule has 1 aliphatic heterocycles. The molecular weight excluding hydrogens is 356 g/mol. The highest BCUT2D eigenvalue weighted by atomic mass is 16.5. The highest BCUT2D eigenvalue weighted by Gasteiger charge is 2.41. The molecule has 0 saturated heterocycles. The molecule has 28 heavy (non-hydrogen) atoms. The van der Waals surface area contributed by atoms with Crippen molar-refractivity contribution in [3.63, 3.8) is 0 Å². The maximum absolute atomic E-state index is 11.9. The van der Waals surface area contributed by atoms with Crippen molar-refractivity contribution in [1.29, 1.82) is 5.41 Å². The molecule has 7 nitrogen and oxygen atoms in total. The number of hydrogen-bond acceptors (Lipinski definition) is 5. The summed E-state index contributed by atoms with van der Waals surface area (Å²) in [7, 11) is 0. The van der Waals surface area contributed by atoms with Crippen LogP contribution in [-0.4, -0.2) is 23.7 Å². The van der Waals surface area contributed by atoms with Crippen LogP contribution in [0, 0.1) is 5.41 Å². The second-order valence-corrected chi connectivity index (χ2v) is 9.57. The van der Waals surface area contributed by atoms with Gasteiger partial charge in [-0.05, 0) is 23.8 Å². The Morgan fingerprint density at radius 1 is 1.32 bits per heavy atom. The molecule has 0 bridgehead atoms. The molecular formula is C21H32N4O3. The second kappa shape index (κ2) is 7.11. The Morgan fingerprint density at radius 2 is 1.93 bits per heavy atom. The number of esters is 1. The number of ether oxygens (including phenoxy) is 2. The Morgan fingerprint density at radius 3 is 2.39 bits per heavy atom. The molecule has 1 aromatic rings. The van der Waals surface area contributed by atoms with E-state index >= 15 is 0 Å². The van der Waals surface area contributed by atoms with E-state index in [4.69, 9.17) is 20.6 Å². The van der Waals surface area contributed by atoms with Crippen molar-refractivity contribution in [2.75, 3.05) is 0 Å². The normalized spacial score (nSPS) is 19.3. The zero-order chi connectivity index (χ0) is 21.5. The third kappa shape index (κ3) is 4.64. The molecule has 1 unspecified atom stereocenters. The van der Waals surface area contributed by atoms with Crippen molar-refractivity contribution < 1.29 is 14.3 Å². The van der Waals surface area contributed by atoms with Crippen LogP contribution in [0.15, 0.2) is 11.2 Å². The van der Waals surface area contributed by atoms with Crippen LogP contribution in [0.25, 0.3) is 0 Å². The average Bonchev–Trinajstić information content (AvgIpc) is 2.78. The molecule has 1 heterocycles. The number of carbonyl (C=O) groups excluding carboxylic acids is 1. The third-order valence-corrected chi connectivity index (χ3v) is 4.54. The lowest BCUT2D eigenvalue weighted by Gasteiger charge is -2.30. The molecule has 0 fully saturated rings. The quantitative estimate of drug-likeness (QED) is 0.242. The molecule has 1 aliphatic rings. The summed E-state index contributed by atoms with van der Waals surface area (Å²) in [5, 5.41) is 11.2. The van der Waals surface area contributed by atoms with Crippen LogP contribution in [0.4, 0.5) is 0 Å². The van der Waals surface area contributed by atoms with Gasteiger partial charge in [-0.2, -0.15) is 5.10 Å². The Bertz CT molecular complexity index is 832. The van der Waals surface area contributed by atoms with Crippen molar-refractivity contribution in [1.82, 2.24) is 5.43 Å². The first-order valence-corrected chi connectivity index (χ1v) is 9.36. The minimum atomic E-state index is -0.700. The van der Waals surface area contributed by atoms with E-state index in [1.807, 2.05) is 13.0 Å². The zero-order valence-corrected chi connectivity index (χ0v) is 18.1. The first-order valence-electron chi connectivity index (χ1n) is 9.36. The number of guanidine groups is 1. The minimum absolute atomic E-state index is 0.238. The lowest BCUT2D eigenvalue weighted by Crippen LogP contribution is -2.34. The van der Waals surface area contributed by atoms with Crippen LogP contribution in [0.2, 0.25) is 0 Å². The standard InChI is InChI=1S/C21H32N4O3/c1-12(26)27-17-14(19(2,3)4)9-15-13(16(17)20(5,6)7)10-21(8,28-15)11-24-25-18(22)23/h9,11H,10H2,1-8H3,(H4,22,23,25). The highest BCUT2D eigenvalue weighted by Crippen LogP contribution is 2.49. The van der Waals surface area contributed by atoms with Crippen LogP contribution >= 0.6 is 0 Å². The van der Waals surface area contributed by atoms with Crippen LogP contribution in [-0.2, 0) is 22.0 Å². The fourth-order valence-electron chi connectivity index (χ4n) is 3.49. The number of nitrogens with zero attached hydrogens (tertiary/aromatic N) is 1. The summed E-state index contributed by atoms with van der Waals surface area (Å²) in [6.45, 7) is 15.9. The number of benzene rings is 1. The number of rotatable bonds is 3. The smallest absolute Gasteiger partial charge is 0.308 e. The van der Waals surface area contributed by atoms with Gasteiger partial charge in [-0.3, -0.25) is 10.2 Å². The van der Waals surface area contributed by atoms with Crippen molar-refractivity contribution >= 4 is 18.1 Å². The first-order chi connectivity index (χ1) is 12.6. The summed E-state index contributed by atoms with van der Waals surface area (Å²) in [5.41, 5.74) is 9.41. The van der Waals surface area contributed by atoms with E-state index in [0.29, 0.717) is 12.2 Å². The summed E-state index contributed by atoms with van der Waals surface area (Å²) in [6.07, 6.45) is 2.18. The molecule has 2 rings (SSSR count). The number of nitrogens with one attached hydrogen (secondary N) is 2. The van der Waals surface area contributed by atoms with Gasteiger partial charge >= 0.3 is 5.97 Å². The maximum atomic E-state index is 11.9. The average molecular weight is 389 g/mol. The lowest BCUT2D eigenvalue weighted by atomic mass is 9.76. The van der Waals surface area contributed by atoms with Gasteiger partial charge in [0.15, 0.2) is 0 Å². The SMILES string of the molecule is CC(=O)Oc1c(C(C)(C)C)cc2c(c1C(C)(C)C)CC(C)(C=NNC(=N)N)O2. The molecule has 0 spiro atoms. The topological polar surface area (TPSA) is 110 Å². The second-order valence-electron chi connectivity index (χ2n) is 9.57. The van der Waals surface area contributed by atoms with Crippen LogP contribution in [0.5, 0.6) is 11.5 Å². The van der Waals surface area contributed by atoms with Gasteiger partial charge < -0.3 is 15.2 Å². The van der Waals surface area contributed by atoms with Gasteiger partial charge in [-0.25, -0.2) is 5.43 Å². The molecule has 1 aromatic carbocycles. The van der Waals surface area contributed by atoms with Gasteiger partial charge in [-0.1, -0.05) is 41.5 Å². The number of nitrogens with two attached hydrogens (primary N) is 1. The third-order valence-electron chi connectivity index (χ3n) is 4.54. The van der Waals surface area contributed by atoms with E-state index in [0.717, 1.165) is 22.4 Å². The fourth-order valence-corrected chi connectivity index (χ4v) is 3.49. The highest BCUT2D eigenvalue weighted by molar-refractivity contribution is 5.78. The monoisotopic (exact) mass is 388 g/mol. The van der Waals surface area contributed by atoms with Crippen molar-refractivity contribution in [3.05, 3.63) is 22.8 Å². The number of hydrogen-bond donors (Lipinski definition) is 3. The van der Waals surface area contributed by atoms with Gasteiger partial charge in [0, 0.05) is 30.0 Å². The number of hydrazone groups is 1.